The summed E-state index contributed by atoms with van der Waals surface area (Å²) in [6, 6.07) is 19.0. The van der Waals surface area contributed by atoms with Crippen LogP contribution in [0.4, 0.5) is 0 Å². The summed E-state index contributed by atoms with van der Waals surface area (Å²) in [6.07, 6.45) is 3.26. The summed E-state index contributed by atoms with van der Waals surface area (Å²) < 4.78 is 5.78. The number of hydrogen-bond donors (Lipinski definition) is 1. The Morgan fingerprint density at radius 1 is 1.07 bits per heavy atom. The van der Waals surface area contributed by atoms with Gasteiger partial charge in [0, 0.05) is 42.9 Å². The molecular weight excluding hydrogens is 334 g/mol. The largest absolute Gasteiger partial charge is 0.494 e. The second-order valence-corrected chi connectivity index (χ2v) is 7.20. The molecule has 27 heavy (non-hydrogen) atoms. The number of ether oxygens (including phenoxy) is 1. The zero-order valence-corrected chi connectivity index (χ0v) is 15.9. The monoisotopic (exact) mass is 361 g/mol. The Labute approximate surface area is 161 Å². The number of fused-ring (bicyclic) bond motifs is 1. The first-order chi connectivity index (χ1) is 13.3. The predicted molar refractivity (Wildman–Crippen MR) is 109 cm³/mol. The van der Waals surface area contributed by atoms with Gasteiger partial charge in [-0.05, 0) is 36.2 Å². The zero-order chi connectivity index (χ0) is 18.5. The molecule has 0 unspecified atom stereocenters. The van der Waals surface area contributed by atoms with Crippen molar-refractivity contribution in [3.05, 3.63) is 71.4 Å². The number of aromatic nitrogens is 2. The number of rotatable bonds is 7. The number of nitrogens with one attached hydrogen (secondary N) is 1. The van der Waals surface area contributed by atoms with Crippen molar-refractivity contribution in [3.63, 3.8) is 0 Å². The van der Waals surface area contributed by atoms with Crippen LogP contribution in [0.15, 0.2) is 54.6 Å². The Hall–Kier alpha value is -2.59. The van der Waals surface area contributed by atoms with Crippen LogP contribution in [0.25, 0.3) is 11.3 Å². The van der Waals surface area contributed by atoms with Crippen LogP contribution in [0, 0.1) is 0 Å². The van der Waals surface area contributed by atoms with Crippen molar-refractivity contribution >= 4 is 0 Å². The standard InChI is InChI=1S/C23H27N3O/c1-2-3-15-27-20-11-9-19(10-12-20)23-21-17-26(14-13-22(21)24-25-23)16-18-7-5-4-6-8-18/h4-12H,2-3,13-17H2,1H3,(H,24,25). The molecule has 3 aromatic rings. The molecule has 1 aromatic heterocycles. The average Bonchev–Trinajstić information content (AvgIpc) is 3.13. The van der Waals surface area contributed by atoms with E-state index in [1.165, 1.54) is 16.8 Å². The first kappa shape index (κ1) is 17.8. The Morgan fingerprint density at radius 3 is 2.67 bits per heavy atom. The molecule has 1 aliphatic heterocycles. The Bertz CT molecular complexity index is 855. The van der Waals surface area contributed by atoms with Crippen LogP contribution in [-0.4, -0.2) is 28.2 Å². The lowest BCUT2D eigenvalue weighted by atomic mass is 10.0. The molecule has 0 fully saturated rings. The van der Waals surface area contributed by atoms with Crippen LogP contribution >= 0.6 is 0 Å². The molecule has 140 valence electrons. The number of H-pyrrole nitrogens is 1. The van der Waals surface area contributed by atoms with Crippen molar-refractivity contribution in [2.45, 2.75) is 39.3 Å². The predicted octanol–water partition coefficient (Wildman–Crippen LogP) is 4.81. The second kappa shape index (κ2) is 8.40. The van der Waals surface area contributed by atoms with E-state index in [0.29, 0.717) is 0 Å². The molecule has 2 aromatic carbocycles. The minimum absolute atomic E-state index is 0.780. The third kappa shape index (κ3) is 4.22. The first-order valence-electron chi connectivity index (χ1n) is 9.89. The minimum atomic E-state index is 0.780. The van der Waals surface area contributed by atoms with Gasteiger partial charge in [-0.3, -0.25) is 10.00 Å². The van der Waals surface area contributed by atoms with Crippen LogP contribution in [0.3, 0.4) is 0 Å². The summed E-state index contributed by atoms with van der Waals surface area (Å²) in [5.74, 6) is 0.933. The first-order valence-corrected chi connectivity index (χ1v) is 9.89. The summed E-state index contributed by atoms with van der Waals surface area (Å²) in [4.78, 5) is 2.50. The van der Waals surface area contributed by atoms with Gasteiger partial charge in [-0.15, -0.1) is 0 Å². The van der Waals surface area contributed by atoms with Gasteiger partial charge in [0.25, 0.3) is 0 Å². The Balaban J connectivity index is 1.47. The van der Waals surface area contributed by atoms with E-state index in [-0.39, 0.29) is 0 Å². The molecular formula is C23H27N3O. The van der Waals surface area contributed by atoms with Gasteiger partial charge in [-0.25, -0.2) is 0 Å². The van der Waals surface area contributed by atoms with Crippen molar-refractivity contribution in [1.82, 2.24) is 15.1 Å². The van der Waals surface area contributed by atoms with E-state index < -0.39 is 0 Å². The summed E-state index contributed by atoms with van der Waals surface area (Å²) in [5, 5.41) is 7.88. The molecule has 0 spiro atoms. The smallest absolute Gasteiger partial charge is 0.119 e. The molecule has 4 nitrogen and oxygen atoms in total. The van der Waals surface area contributed by atoms with Crippen molar-refractivity contribution < 1.29 is 4.74 Å². The highest BCUT2D eigenvalue weighted by Crippen LogP contribution is 2.30. The molecule has 0 aliphatic carbocycles. The number of nitrogens with zero attached hydrogens (tertiary/aromatic N) is 2. The maximum Gasteiger partial charge on any atom is 0.119 e. The molecule has 4 heteroatoms. The van der Waals surface area contributed by atoms with E-state index in [1.54, 1.807) is 0 Å². The van der Waals surface area contributed by atoms with Gasteiger partial charge in [0.1, 0.15) is 5.75 Å². The summed E-state index contributed by atoms with van der Waals surface area (Å²) in [6.45, 7) is 5.93. The van der Waals surface area contributed by atoms with Crippen molar-refractivity contribution in [3.8, 4) is 17.0 Å². The highest BCUT2D eigenvalue weighted by Gasteiger charge is 2.22. The number of benzene rings is 2. The van der Waals surface area contributed by atoms with Crippen LogP contribution < -0.4 is 4.74 Å². The lowest BCUT2D eigenvalue weighted by Crippen LogP contribution is -2.29. The average molecular weight is 361 g/mol. The number of unbranched alkanes of at least 4 members (excludes halogenated alkanes) is 1. The lowest BCUT2D eigenvalue weighted by molar-refractivity contribution is 0.245. The van der Waals surface area contributed by atoms with Gasteiger partial charge in [-0.2, -0.15) is 5.10 Å². The van der Waals surface area contributed by atoms with Gasteiger partial charge in [-0.1, -0.05) is 43.7 Å². The normalized spacial score (nSPS) is 14.1. The van der Waals surface area contributed by atoms with Crippen molar-refractivity contribution in [2.75, 3.05) is 13.2 Å². The van der Waals surface area contributed by atoms with Crippen LogP contribution in [0.5, 0.6) is 5.75 Å². The quantitative estimate of drug-likeness (QED) is 0.614. The highest BCUT2D eigenvalue weighted by molar-refractivity contribution is 5.65. The molecule has 2 heterocycles. The summed E-state index contributed by atoms with van der Waals surface area (Å²) in [7, 11) is 0. The fourth-order valence-electron chi connectivity index (χ4n) is 3.61. The van der Waals surface area contributed by atoms with E-state index in [2.05, 4.69) is 76.6 Å². The van der Waals surface area contributed by atoms with Crippen molar-refractivity contribution in [1.29, 1.82) is 0 Å². The summed E-state index contributed by atoms with van der Waals surface area (Å²) >= 11 is 0. The molecule has 0 saturated heterocycles. The highest BCUT2D eigenvalue weighted by atomic mass is 16.5. The summed E-state index contributed by atoms with van der Waals surface area (Å²) in [5.41, 5.74) is 6.19. The maximum atomic E-state index is 5.78. The Morgan fingerprint density at radius 2 is 1.89 bits per heavy atom. The third-order valence-electron chi connectivity index (χ3n) is 5.16. The van der Waals surface area contributed by atoms with Gasteiger partial charge in [0.2, 0.25) is 0 Å². The molecule has 0 amide bonds. The molecule has 4 rings (SSSR count). The lowest BCUT2D eigenvalue weighted by Gasteiger charge is -2.27. The van der Waals surface area contributed by atoms with Crippen LogP contribution in [0.2, 0.25) is 0 Å². The molecule has 0 atom stereocenters. The molecule has 0 bridgehead atoms. The molecule has 1 aliphatic rings. The van der Waals surface area contributed by atoms with E-state index in [1.807, 2.05) is 0 Å². The fourth-order valence-corrected chi connectivity index (χ4v) is 3.61. The van der Waals surface area contributed by atoms with Crippen LogP contribution in [0.1, 0.15) is 36.6 Å². The third-order valence-corrected chi connectivity index (χ3v) is 5.16. The molecule has 0 saturated carbocycles. The van der Waals surface area contributed by atoms with Crippen LogP contribution in [-0.2, 0) is 19.5 Å². The van der Waals surface area contributed by atoms with Gasteiger partial charge < -0.3 is 4.74 Å². The fraction of sp³-hybridized carbons (Fsp3) is 0.348. The second-order valence-electron chi connectivity index (χ2n) is 7.20. The van der Waals surface area contributed by atoms with Gasteiger partial charge in [0.05, 0.1) is 12.3 Å². The van der Waals surface area contributed by atoms with Gasteiger partial charge >= 0.3 is 0 Å². The maximum absolute atomic E-state index is 5.78. The van der Waals surface area contributed by atoms with E-state index >= 15 is 0 Å². The molecule has 0 radical (unpaired) electrons. The SMILES string of the molecule is CCCCOc1ccc(-c2n[nH]c3c2CN(Cc2ccccc2)CC3)cc1. The van der Waals surface area contributed by atoms with Crippen molar-refractivity contribution in [2.24, 2.45) is 0 Å². The topological polar surface area (TPSA) is 41.1 Å². The number of aromatic amines is 1. The van der Waals surface area contributed by atoms with E-state index in [4.69, 9.17) is 4.74 Å². The molecule has 1 N–H and O–H groups in total. The number of hydrogen-bond acceptors (Lipinski definition) is 3. The minimum Gasteiger partial charge on any atom is -0.494 e. The van der Waals surface area contributed by atoms with E-state index in [0.717, 1.165) is 62.5 Å². The van der Waals surface area contributed by atoms with Gasteiger partial charge in [0.15, 0.2) is 0 Å². The zero-order valence-electron chi connectivity index (χ0n) is 15.9. The Kier molecular flexibility index (Phi) is 5.54. The van der Waals surface area contributed by atoms with E-state index in [9.17, 15) is 0 Å².